The Labute approximate surface area is 144 Å². The number of anilines is 2. The first-order valence-corrected chi connectivity index (χ1v) is 8.58. The van der Waals surface area contributed by atoms with Crippen LogP contribution in [-0.2, 0) is 0 Å². The molecule has 120 valence electrons. The zero-order valence-electron chi connectivity index (χ0n) is 13.8. The van der Waals surface area contributed by atoms with Crippen molar-refractivity contribution in [2.75, 3.05) is 23.0 Å². The molecule has 0 saturated carbocycles. The number of para-hydroxylation sites is 2. The first-order chi connectivity index (χ1) is 11.9. The normalized spacial score (nSPS) is 17.8. The van der Waals surface area contributed by atoms with Gasteiger partial charge in [0.1, 0.15) is 0 Å². The fraction of sp³-hybridized carbons (Fsp3) is 0.182. The first-order valence-electron chi connectivity index (χ1n) is 8.58. The lowest BCUT2D eigenvalue weighted by Gasteiger charge is -2.44. The molecule has 0 spiro atoms. The minimum atomic E-state index is 0.425. The molecule has 0 N–H and O–H groups in total. The maximum Gasteiger partial charge on any atom is 0.0909 e. The van der Waals surface area contributed by atoms with E-state index in [1.54, 1.807) is 0 Å². The highest BCUT2D eigenvalue weighted by Gasteiger charge is 2.28. The van der Waals surface area contributed by atoms with Gasteiger partial charge in [0, 0.05) is 17.9 Å². The van der Waals surface area contributed by atoms with Crippen molar-refractivity contribution in [2.45, 2.75) is 12.5 Å². The third-order valence-electron chi connectivity index (χ3n) is 4.77. The van der Waals surface area contributed by atoms with E-state index in [0.29, 0.717) is 6.04 Å². The van der Waals surface area contributed by atoms with Crippen molar-refractivity contribution in [3.63, 3.8) is 0 Å². The lowest BCUT2D eigenvalue weighted by atomic mass is 9.99. The molecule has 2 nitrogen and oxygen atoms in total. The summed E-state index contributed by atoms with van der Waals surface area (Å²) in [6.07, 6.45) is 1.12. The number of benzene rings is 3. The van der Waals surface area contributed by atoms with Crippen LogP contribution in [0.3, 0.4) is 0 Å². The van der Waals surface area contributed by atoms with Crippen LogP contribution in [0.5, 0.6) is 0 Å². The lowest BCUT2D eigenvalue weighted by molar-refractivity contribution is 0.503. The Morgan fingerprint density at radius 2 is 1.17 bits per heavy atom. The molecular weight excluding hydrogens is 292 g/mol. The molecule has 24 heavy (non-hydrogen) atoms. The van der Waals surface area contributed by atoms with Crippen molar-refractivity contribution in [3.05, 3.63) is 96.6 Å². The second-order valence-electron chi connectivity index (χ2n) is 6.26. The van der Waals surface area contributed by atoms with Crippen molar-refractivity contribution in [1.29, 1.82) is 0 Å². The minimum absolute atomic E-state index is 0.425. The summed E-state index contributed by atoms with van der Waals surface area (Å²) in [5, 5.41) is 0. The van der Waals surface area contributed by atoms with Gasteiger partial charge < -0.3 is 9.80 Å². The predicted molar refractivity (Wildman–Crippen MR) is 101 cm³/mol. The van der Waals surface area contributed by atoms with E-state index in [-0.39, 0.29) is 0 Å². The molecule has 1 aliphatic heterocycles. The van der Waals surface area contributed by atoms with E-state index >= 15 is 0 Å². The van der Waals surface area contributed by atoms with Crippen molar-refractivity contribution < 1.29 is 0 Å². The van der Waals surface area contributed by atoms with Gasteiger partial charge in [-0.15, -0.1) is 0 Å². The molecule has 4 rings (SSSR count). The minimum Gasteiger partial charge on any atom is -0.354 e. The summed E-state index contributed by atoms with van der Waals surface area (Å²) >= 11 is 0. The van der Waals surface area contributed by atoms with Gasteiger partial charge in [0.25, 0.3) is 0 Å². The first kappa shape index (κ1) is 14.8. The highest BCUT2D eigenvalue weighted by atomic mass is 15.3. The standard InChI is InChI=1S/C22H22N2/c1-4-10-19(11-5-1)22-16-17-23(20-12-6-2-7-13-20)18-24(22)21-14-8-3-9-15-21/h1-15,22H,16-18H2. The molecule has 2 heteroatoms. The third kappa shape index (κ3) is 3.00. The molecular formula is C22H22N2. The van der Waals surface area contributed by atoms with Gasteiger partial charge in [0.05, 0.1) is 12.7 Å². The Bertz CT molecular complexity index is 756. The summed E-state index contributed by atoms with van der Waals surface area (Å²) in [4.78, 5) is 4.98. The molecule has 1 unspecified atom stereocenters. The number of hydrogen-bond donors (Lipinski definition) is 0. The lowest BCUT2D eigenvalue weighted by Crippen LogP contribution is -2.46. The fourth-order valence-corrected chi connectivity index (χ4v) is 3.54. The Morgan fingerprint density at radius 1 is 0.625 bits per heavy atom. The van der Waals surface area contributed by atoms with E-state index in [1.165, 1.54) is 16.9 Å². The van der Waals surface area contributed by atoms with Crippen LogP contribution in [-0.4, -0.2) is 13.2 Å². The van der Waals surface area contributed by atoms with Crippen LogP contribution in [0.15, 0.2) is 91.0 Å². The molecule has 0 aliphatic carbocycles. The fourth-order valence-electron chi connectivity index (χ4n) is 3.54. The molecule has 1 heterocycles. The summed E-state index contributed by atoms with van der Waals surface area (Å²) in [6.45, 7) is 1.99. The van der Waals surface area contributed by atoms with E-state index in [0.717, 1.165) is 19.6 Å². The van der Waals surface area contributed by atoms with Crippen molar-refractivity contribution >= 4 is 11.4 Å². The number of nitrogens with zero attached hydrogens (tertiary/aromatic N) is 2. The van der Waals surface area contributed by atoms with Crippen LogP contribution >= 0.6 is 0 Å². The van der Waals surface area contributed by atoms with Crippen LogP contribution in [0.4, 0.5) is 11.4 Å². The smallest absolute Gasteiger partial charge is 0.0909 e. The van der Waals surface area contributed by atoms with E-state index in [2.05, 4.69) is 101 Å². The molecule has 0 aromatic heterocycles. The van der Waals surface area contributed by atoms with Gasteiger partial charge in [-0.2, -0.15) is 0 Å². The SMILES string of the molecule is c1ccc(C2CCN(c3ccccc3)CN2c2ccccc2)cc1. The average molecular weight is 314 g/mol. The van der Waals surface area contributed by atoms with E-state index in [1.807, 2.05) is 0 Å². The van der Waals surface area contributed by atoms with Gasteiger partial charge in [0.2, 0.25) is 0 Å². The van der Waals surface area contributed by atoms with Gasteiger partial charge in [-0.05, 0) is 36.2 Å². The topological polar surface area (TPSA) is 6.48 Å². The highest BCUT2D eigenvalue weighted by Crippen LogP contribution is 2.34. The maximum absolute atomic E-state index is 2.52. The highest BCUT2D eigenvalue weighted by molar-refractivity contribution is 5.54. The summed E-state index contributed by atoms with van der Waals surface area (Å²) in [5.74, 6) is 0. The van der Waals surface area contributed by atoms with Gasteiger partial charge in [-0.25, -0.2) is 0 Å². The van der Waals surface area contributed by atoms with Crippen LogP contribution in [0.2, 0.25) is 0 Å². The summed E-state index contributed by atoms with van der Waals surface area (Å²) < 4.78 is 0. The second kappa shape index (κ2) is 6.79. The molecule has 3 aromatic carbocycles. The molecule has 0 bridgehead atoms. The van der Waals surface area contributed by atoms with Gasteiger partial charge in [-0.3, -0.25) is 0 Å². The molecule has 1 saturated heterocycles. The molecule has 1 aliphatic rings. The maximum atomic E-state index is 2.52. The van der Waals surface area contributed by atoms with Gasteiger partial charge >= 0.3 is 0 Å². The van der Waals surface area contributed by atoms with Crippen LogP contribution < -0.4 is 9.80 Å². The average Bonchev–Trinajstić information content (AvgIpc) is 2.69. The molecule has 0 radical (unpaired) electrons. The molecule has 1 atom stereocenters. The van der Waals surface area contributed by atoms with Gasteiger partial charge in [0.15, 0.2) is 0 Å². The molecule has 3 aromatic rings. The summed E-state index contributed by atoms with van der Waals surface area (Å²) in [5.41, 5.74) is 3.98. The van der Waals surface area contributed by atoms with Crippen LogP contribution in [0.1, 0.15) is 18.0 Å². The zero-order chi connectivity index (χ0) is 16.2. The Morgan fingerprint density at radius 3 is 1.79 bits per heavy atom. The quantitative estimate of drug-likeness (QED) is 0.663. The van der Waals surface area contributed by atoms with Crippen molar-refractivity contribution in [1.82, 2.24) is 0 Å². The Balaban J connectivity index is 1.67. The largest absolute Gasteiger partial charge is 0.354 e. The van der Waals surface area contributed by atoms with Crippen molar-refractivity contribution in [3.8, 4) is 0 Å². The van der Waals surface area contributed by atoms with Crippen LogP contribution in [0.25, 0.3) is 0 Å². The Hall–Kier alpha value is -2.74. The summed E-state index contributed by atoms with van der Waals surface area (Å²) in [7, 11) is 0. The van der Waals surface area contributed by atoms with Crippen molar-refractivity contribution in [2.24, 2.45) is 0 Å². The predicted octanol–water partition coefficient (Wildman–Crippen LogP) is 5.10. The summed E-state index contributed by atoms with van der Waals surface area (Å²) in [6, 6.07) is 32.8. The Kier molecular flexibility index (Phi) is 4.20. The van der Waals surface area contributed by atoms with Gasteiger partial charge in [-0.1, -0.05) is 66.7 Å². The van der Waals surface area contributed by atoms with E-state index in [9.17, 15) is 0 Å². The zero-order valence-corrected chi connectivity index (χ0v) is 13.8. The second-order valence-corrected chi connectivity index (χ2v) is 6.26. The molecule has 1 fully saturated rings. The number of rotatable bonds is 3. The number of hydrogen-bond acceptors (Lipinski definition) is 2. The van der Waals surface area contributed by atoms with Crippen LogP contribution in [0, 0.1) is 0 Å². The monoisotopic (exact) mass is 314 g/mol. The van der Waals surface area contributed by atoms with E-state index < -0.39 is 0 Å². The van der Waals surface area contributed by atoms with E-state index in [4.69, 9.17) is 0 Å². The third-order valence-corrected chi connectivity index (χ3v) is 4.77. The molecule has 0 amide bonds.